The zero-order valence-corrected chi connectivity index (χ0v) is 21.4. The first-order valence-corrected chi connectivity index (χ1v) is 12.9. The highest BCUT2D eigenvalue weighted by atomic mass is 79.9. The van der Waals surface area contributed by atoms with Gasteiger partial charge in [0.25, 0.3) is 15.9 Å². The maximum Gasteiger partial charge on any atom is 0.271 e. The van der Waals surface area contributed by atoms with E-state index in [1.165, 1.54) is 36.4 Å². The normalized spacial score (nSPS) is 11.6. The van der Waals surface area contributed by atoms with Gasteiger partial charge in [-0.3, -0.25) is 9.52 Å². The lowest BCUT2D eigenvalue weighted by molar-refractivity contribution is 0.0955. The molecule has 8 nitrogen and oxygen atoms in total. The number of hydrogen-bond acceptors (Lipinski definition) is 5. The van der Waals surface area contributed by atoms with Crippen LogP contribution in [-0.2, 0) is 16.6 Å². The fourth-order valence-electron chi connectivity index (χ4n) is 3.50. The predicted octanol–water partition coefficient (Wildman–Crippen LogP) is 5.07. The second-order valence-corrected chi connectivity index (χ2v) is 10.4. The average Bonchev–Trinajstić information content (AvgIpc) is 3.43. The molecule has 2 heterocycles. The number of anilines is 1. The zero-order chi connectivity index (χ0) is 25.0. The summed E-state index contributed by atoms with van der Waals surface area (Å²) < 4.78 is 35.9. The lowest BCUT2D eigenvalue weighted by Gasteiger charge is -2.09. The highest BCUT2D eigenvalue weighted by Crippen LogP contribution is 2.19. The van der Waals surface area contributed by atoms with Crippen molar-refractivity contribution in [2.45, 2.75) is 25.3 Å². The van der Waals surface area contributed by atoms with Crippen LogP contribution in [0.1, 0.15) is 33.1 Å². The molecule has 4 rings (SSSR count). The third kappa shape index (κ3) is 5.90. The molecular formula is C25H23BrN4O4S. The van der Waals surface area contributed by atoms with Crippen LogP contribution in [-0.4, -0.2) is 25.1 Å². The fourth-order valence-corrected chi connectivity index (χ4v) is 4.83. The number of nitrogens with zero attached hydrogens (tertiary/aromatic N) is 2. The van der Waals surface area contributed by atoms with E-state index in [4.69, 9.17) is 4.42 Å². The zero-order valence-electron chi connectivity index (χ0n) is 19.0. The number of rotatable bonds is 8. The van der Waals surface area contributed by atoms with E-state index in [0.29, 0.717) is 17.8 Å². The number of benzene rings is 2. The van der Waals surface area contributed by atoms with E-state index < -0.39 is 15.9 Å². The Balaban J connectivity index is 1.38. The fraction of sp³-hybridized carbons (Fsp3) is 0.120. The molecule has 2 N–H and O–H groups in total. The highest BCUT2D eigenvalue weighted by molar-refractivity contribution is 9.10. The summed E-state index contributed by atoms with van der Waals surface area (Å²) >= 11 is 3.28. The Morgan fingerprint density at radius 1 is 1.09 bits per heavy atom. The second kappa shape index (κ2) is 10.3. The summed E-state index contributed by atoms with van der Waals surface area (Å²) in [6.07, 6.45) is 3.24. The van der Waals surface area contributed by atoms with E-state index >= 15 is 0 Å². The molecule has 0 aliphatic heterocycles. The number of aryl methyl sites for hydroxylation is 1. The molecule has 0 unspecified atom stereocenters. The molecule has 35 heavy (non-hydrogen) atoms. The Bertz CT molecular complexity index is 1460. The van der Waals surface area contributed by atoms with Crippen molar-refractivity contribution in [2.24, 2.45) is 5.10 Å². The topological polar surface area (TPSA) is 106 Å². The number of halogens is 1. The Kier molecular flexibility index (Phi) is 7.23. The average molecular weight is 555 g/mol. The van der Waals surface area contributed by atoms with E-state index in [1.807, 2.05) is 32.0 Å². The van der Waals surface area contributed by atoms with Crippen molar-refractivity contribution in [3.8, 4) is 0 Å². The molecule has 0 aliphatic rings. The van der Waals surface area contributed by atoms with Crippen molar-refractivity contribution in [1.82, 2.24) is 9.99 Å². The van der Waals surface area contributed by atoms with Gasteiger partial charge in [-0.2, -0.15) is 5.10 Å². The van der Waals surface area contributed by atoms with Gasteiger partial charge in [-0.1, -0.05) is 15.9 Å². The number of furan rings is 1. The van der Waals surface area contributed by atoms with Gasteiger partial charge in [0, 0.05) is 32.7 Å². The highest BCUT2D eigenvalue weighted by Gasteiger charge is 2.14. The smallest absolute Gasteiger partial charge is 0.271 e. The minimum Gasteiger partial charge on any atom is -0.467 e. The molecule has 0 aliphatic carbocycles. The van der Waals surface area contributed by atoms with E-state index in [2.05, 4.69) is 35.7 Å². The molecule has 1 amide bonds. The Morgan fingerprint density at radius 3 is 2.46 bits per heavy atom. The van der Waals surface area contributed by atoms with Crippen molar-refractivity contribution in [1.29, 1.82) is 0 Å². The molecule has 4 aromatic rings. The number of carbonyl (C=O) groups is 1. The molecule has 0 fully saturated rings. The van der Waals surface area contributed by atoms with Gasteiger partial charge < -0.3 is 8.98 Å². The van der Waals surface area contributed by atoms with Crippen LogP contribution >= 0.6 is 15.9 Å². The van der Waals surface area contributed by atoms with Crippen LogP contribution in [0, 0.1) is 13.8 Å². The maximum atomic E-state index is 12.5. The van der Waals surface area contributed by atoms with Crippen molar-refractivity contribution in [3.05, 3.63) is 106 Å². The van der Waals surface area contributed by atoms with Gasteiger partial charge in [-0.05, 0) is 80.6 Å². The number of nitrogens with one attached hydrogen (secondary N) is 2. The lowest BCUT2D eigenvalue weighted by Crippen LogP contribution is -2.18. The van der Waals surface area contributed by atoms with E-state index in [9.17, 15) is 13.2 Å². The van der Waals surface area contributed by atoms with Crippen LogP contribution in [0.15, 0.2) is 91.9 Å². The van der Waals surface area contributed by atoms with E-state index in [-0.39, 0.29) is 4.90 Å². The van der Waals surface area contributed by atoms with Crippen molar-refractivity contribution in [2.75, 3.05) is 4.72 Å². The number of hydrogen-bond donors (Lipinski definition) is 2. The quantitative estimate of drug-likeness (QED) is 0.234. The van der Waals surface area contributed by atoms with Crippen molar-refractivity contribution < 1.29 is 17.6 Å². The molecule has 2 aromatic heterocycles. The summed E-state index contributed by atoms with van der Waals surface area (Å²) in [4.78, 5) is 12.6. The first-order valence-electron chi connectivity index (χ1n) is 10.6. The van der Waals surface area contributed by atoms with Gasteiger partial charge in [-0.25, -0.2) is 13.8 Å². The SMILES string of the molecule is Cc1cc(C=NNC(=O)c2ccc(NS(=O)(=O)c3ccc(Br)cc3)cc2)c(C)n1Cc1ccco1. The first-order chi connectivity index (χ1) is 16.7. The van der Waals surface area contributed by atoms with Crippen LogP contribution < -0.4 is 10.1 Å². The Labute approximate surface area is 211 Å². The summed E-state index contributed by atoms with van der Waals surface area (Å²) in [7, 11) is -3.73. The van der Waals surface area contributed by atoms with Crippen LogP contribution in [0.3, 0.4) is 0 Å². The molecule has 0 saturated heterocycles. The van der Waals surface area contributed by atoms with Crippen LogP contribution in [0.5, 0.6) is 0 Å². The number of aromatic nitrogens is 1. The summed E-state index contributed by atoms with van der Waals surface area (Å²) in [6, 6.07) is 18.2. The van der Waals surface area contributed by atoms with Crippen LogP contribution in [0.25, 0.3) is 0 Å². The molecule has 10 heteroatoms. The summed E-state index contributed by atoms with van der Waals surface area (Å²) in [5, 5.41) is 4.08. The summed E-state index contributed by atoms with van der Waals surface area (Å²) in [6.45, 7) is 4.59. The first kappa shape index (κ1) is 24.5. The second-order valence-electron chi connectivity index (χ2n) is 7.83. The largest absolute Gasteiger partial charge is 0.467 e. The predicted molar refractivity (Wildman–Crippen MR) is 138 cm³/mol. The number of carbonyl (C=O) groups excluding carboxylic acids is 1. The maximum absolute atomic E-state index is 12.5. The van der Waals surface area contributed by atoms with Gasteiger partial charge in [0.2, 0.25) is 0 Å². The Morgan fingerprint density at radius 2 is 1.80 bits per heavy atom. The molecule has 2 aromatic carbocycles. The van der Waals surface area contributed by atoms with Gasteiger partial charge in [0.1, 0.15) is 5.76 Å². The van der Waals surface area contributed by atoms with E-state index in [1.54, 1.807) is 24.6 Å². The third-order valence-corrected chi connectivity index (χ3v) is 7.33. The molecular weight excluding hydrogens is 532 g/mol. The van der Waals surface area contributed by atoms with Gasteiger partial charge in [0.05, 0.1) is 23.9 Å². The molecule has 0 bridgehead atoms. The van der Waals surface area contributed by atoms with Gasteiger partial charge >= 0.3 is 0 Å². The molecule has 0 radical (unpaired) electrons. The molecule has 0 saturated carbocycles. The van der Waals surface area contributed by atoms with Crippen molar-refractivity contribution >= 4 is 43.8 Å². The Hall–Kier alpha value is -3.63. The number of hydrazone groups is 1. The summed E-state index contributed by atoms with van der Waals surface area (Å²) in [5.41, 5.74) is 6.13. The monoisotopic (exact) mass is 554 g/mol. The minimum absolute atomic E-state index is 0.139. The molecule has 0 atom stereocenters. The van der Waals surface area contributed by atoms with Gasteiger partial charge in [-0.15, -0.1) is 0 Å². The molecule has 180 valence electrons. The number of sulfonamides is 1. The third-order valence-electron chi connectivity index (χ3n) is 5.40. The van der Waals surface area contributed by atoms with Crippen LogP contribution in [0.2, 0.25) is 0 Å². The molecule has 0 spiro atoms. The lowest BCUT2D eigenvalue weighted by atomic mass is 10.2. The number of amides is 1. The van der Waals surface area contributed by atoms with Crippen molar-refractivity contribution in [3.63, 3.8) is 0 Å². The van der Waals surface area contributed by atoms with Gasteiger partial charge in [0.15, 0.2) is 0 Å². The summed E-state index contributed by atoms with van der Waals surface area (Å²) in [5.74, 6) is 0.444. The van der Waals surface area contributed by atoms with E-state index in [0.717, 1.165) is 27.2 Å². The van der Waals surface area contributed by atoms with Crippen LogP contribution in [0.4, 0.5) is 5.69 Å². The minimum atomic E-state index is -3.73. The standard InChI is InChI=1S/C25H23BrN4O4S/c1-17-14-20(18(2)30(17)16-23-4-3-13-34-23)15-27-28-25(31)19-5-9-22(10-6-19)29-35(32,33)24-11-7-21(26)8-12-24/h3-15,29H,16H2,1-2H3,(H,28,31).